The summed E-state index contributed by atoms with van der Waals surface area (Å²) in [5.74, 6) is 1.73. The molecule has 0 N–H and O–H groups in total. The number of hydrogen-bond acceptors (Lipinski definition) is 3. The highest BCUT2D eigenvalue weighted by molar-refractivity contribution is 6.74. The lowest BCUT2D eigenvalue weighted by Gasteiger charge is -2.36. The standard InChI is InChI=1S/C28H34Cl2N3O2Si/c1-28(2,3)36(5,6)35-19-27-31-25-18-32(16-20-7-10-23(34-4)11-8-20)14-13-26(25)33(27)17-21-15-22(29)9-12-24(21)30/h7-15,18H,16-17,19H2,1-6H3/q+1. The molecule has 5 nitrogen and oxygen atoms in total. The number of methoxy groups -OCH3 is 1. The predicted molar refractivity (Wildman–Crippen MR) is 150 cm³/mol. The third-order valence-electron chi connectivity index (χ3n) is 7.06. The van der Waals surface area contributed by atoms with E-state index in [4.69, 9.17) is 37.3 Å². The van der Waals surface area contributed by atoms with Crippen LogP contribution >= 0.6 is 23.2 Å². The van der Waals surface area contributed by atoms with E-state index in [0.29, 0.717) is 23.2 Å². The molecule has 0 amide bonds. The van der Waals surface area contributed by atoms with E-state index in [1.165, 1.54) is 5.56 Å². The van der Waals surface area contributed by atoms with Crippen LogP contribution in [-0.2, 0) is 24.1 Å². The predicted octanol–water partition coefficient (Wildman–Crippen LogP) is 7.26. The van der Waals surface area contributed by atoms with Crippen molar-refractivity contribution >= 4 is 42.6 Å². The maximum atomic E-state index is 6.57. The summed E-state index contributed by atoms with van der Waals surface area (Å²) in [4.78, 5) is 5.02. The van der Waals surface area contributed by atoms with Gasteiger partial charge in [0.15, 0.2) is 32.8 Å². The van der Waals surface area contributed by atoms with Gasteiger partial charge < -0.3 is 13.7 Å². The molecule has 0 bridgehead atoms. The van der Waals surface area contributed by atoms with Crippen molar-refractivity contribution in [2.24, 2.45) is 0 Å². The Hall–Kier alpha value is -2.38. The molecule has 0 unspecified atom stereocenters. The smallest absolute Gasteiger partial charge is 0.197 e. The van der Waals surface area contributed by atoms with Crippen molar-refractivity contribution in [3.8, 4) is 5.75 Å². The summed E-state index contributed by atoms with van der Waals surface area (Å²) in [6.45, 7) is 13.0. The zero-order chi connectivity index (χ0) is 26.1. The van der Waals surface area contributed by atoms with Gasteiger partial charge in [-0.1, -0.05) is 44.0 Å². The van der Waals surface area contributed by atoms with Crippen LogP contribution in [-0.4, -0.2) is 25.0 Å². The minimum Gasteiger partial charge on any atom is -0.497 e. The van der Waals surface area contributed by atoms with Gasteiger partial charge in [0.25, 0.3) is 0 Å². The van der Waals surface area contributed by atoms with Gasteiger partial charge in [-0.05, 0) is 66.2 Å². The number of imidazole rings is 1. The Balaban J connectivity index is 1.70. The van der Waals surface area contributed by atoms with Crippen LogP contribution in [0.15, 0.2) is 60.9 Å². The van der Waals surface area contributed by atoms with Gasteiger partial charge in [-0.2, -0.15) is 4.57 Å². The van der Waals surface area contributed by atoms with Crippen molar-refractivity contribution in [2.75, 3.05) is 7.11 Å². The highest BCUT2D eigenvalue weighted by Gasteiger charge is 2.37. The molecular weight excluding hydrogens is 509 g/mol. The van der Waals surface area contributed by atoms with Crippen LogP contribution in [0.5, 0.6) is 5.75 Å². The van der Waals surface area contributed by atoms with E-state index in [2.05, 4.69) is 73.6 Å². The molecule has 0 aliphatic heterocycles. The van der Waals surface area contributed by atoms with Crippen LogP contribution in [0.2, 0.25) is 28.2 Å². The average molecular weight is 544 g/mol. The van der Waals surface area contributed by atoms with Crippen molar-refractivity contribution in [3.05, 3.63) is 87.9 Å². The molecule has 0 saturated carbocycles. The first-order valence-electron chi connectivity index (χ1n) is 12.1. The van der Waals surface area contributed by atoms with Gasteiger partial charge in [0.05, 0.1) is 25.8 Å². The number of fused-ring (bicyclic) bond motifs is 1. The molecule has 0 saturated heterocycles. The normalized spacial score (nSPS) is 12.3. The molecule has 0 fully saturated rings. The van der Waals surface area contributed by atoms with E-state index in [9.17, 15) is 0 Å². The SMILES string of the molecule is COc1ccc(C[n+]2ccc3c(c2)nc(CO[Si](C)(C)C(C)(C)C)n3Cc2cc(Cl)ccc2Cl)cc1. The van der Waals surface area contributed by atoms with Gasteiger partial charge in [0.2, 0.25) is 0 Å². The molecule has 2 aromatic heterocycles. The fraction of sp³-hybridized carbons (Fsp3) is 0.357. The Kier molecular flexibility index (Phi) is 7.81. The Morgan fingerprint density at radius 3 is 2.42 bits per heavy atom. The zero-order valence-electron chi connectivity index (χ0n) is 21.8. The number of hydrogen-bond donors (Lipinski definition) is 0. The van der Waals surface area contributed by atoms with Crippen molar-refractivity contribution in [1.29, 1.82) is 0 Å². The van der Waals surface area contributed by atoms with Crippen LogP contribution in [0.3, 0.4) is 0 Å². The third-order valence-corrected chi connectivity index (χ3v) is 12.1. The van der Waals surface area contributed by atoms with E-state index in [1.807, 2.05) is 30.3 Å². The van der Waals surface area contributed by atoms with Gasteiger partial charge >= 0.3 is 0 Å². The van der Waals surface area contributed by atoms with Gasteiger partial charge in [-0.3, -0.25) is 0 Å². The van der Waals surface area contributed by atoms with E-state index in [0.717, 1.165) is 34.7 Å². The maximum absolute atomic E-state index is 6.57. The Bertz CT molecular complexity index is 1360. The lowest BCUT2D eigenvalue weighted by atomic mass is 10.2. The first kappa shape index (κ1) is 26.7. The highest BCUT2D eigenvalue weighted by atomic mass is 35.5. The molecule has 36 heavy (non-hydrogen) atoms. The first-order valence-corrected chi connectivity index (χ1v) is 15.7. The average Bonchev–Trinajstić information content (AvgIpc) is 3.16. The Morgan fingerprint density at radius 2 is 1.75 bits per heavy atom. The van der Waals surface area contributed by atoms with Gasteiger partial charge in [0.1, 0.15) is 11.6 Å². The summed E-state index contributed by atoms with van der Waals surface area (Å²) in [5.41, 5.74) is 4.09. The van der Waals surface area contributed by atoms with Gasteiger partial charge in [0, 0.05) is 21.7 Å². The molecule has 8 heteroatoms. The van der Waals surface area contributed by atoms with Gasteiger partial charge in [-0.15, -0.1) is 0 Å². The van der Waals surface area contributed by atoms with Crippen LogP contribution in [0, 0.1) is 0 Å². The number of aromatic nitrogens is 3. The fourth-order valence-corrected chi connectivity index (χ4v) is 5.09. The molecule has 2 aromatic carbocycles. The zero-order valence-corrected chi connectivity index (χ0v) is 24.3. The van der Waals surface area contributed by atoms with Crippen LogP contribution in [0.1, 0.15) is 37.7 Å². The van der Waals surface area contributed by atoms with E-state index < -0.39 is 8.32 Å². The second kappa shape index (κ2) is 10.5. The van der Waals surface area contributed by atoms with Crippen molar-refractivity contribution in [3.63, 3.8) is 0 Å². The first-order chi connectivity index (χ1) is 17.0. The summed E-state index contributed by atoms with van der Waals surface area (Å²) >= 11 is 12.8. The summed E-state index contributed by atoms with van der Waals surface area (Å²) in [5, 5.41) is 1.46. The van der Waals surface area contributed by atoms with E-state index in [-0.39, 0.29) is 5.04 Å². The number of nitrogens with zero attached hydrogens (tertiary/aromatic N) is 3. The number of ether oxygens (including phenoxy) is 1. The quantitative estimate of drug-likeness (QED) is 0.174. The minimum atomic E-state index is -1.96. The largest absolute Gasteiger partial charge is 0.497 e. The van der Waals surface area contributed by atoms with Crippen LogP contribution in [0.4, 0.5) is 0 Å². The van der Waals surface area contributed by atoms with Crippen LogP contribution in [0.25, 0.3) is 11.0 Å². The Labute approximate surface area is 224 Å². The lowest BCUT2D eigenvalue weighted by molar-refractivity contribution is -0.687. The van der Waals surface area contributed by atoms with Crippen molar-refractivity contribution in [1.82, 2.24) is 9.55 Å². The maximum Gasteiger partial charge on any atom is 0.197 e. The molecule has 0 aliphatic carbocycles. The number of rotatable bonds is 8. The van der Waals surface area contributed by atoms with Crippen LogP contribution < -0.4 is 9.30 Å². The second-order valence-corrected chi connectivity index (χ2v) is 16.3. The molecule has 2 heterocycles. The monoisotopic (exact) mass is 542 g/mol. The molecule has 4 aromatic rings. The van der Waals surface area contributed by atoms with Gasteiger partial charge in [-0.25, -0.2) is 4.98 Å². The van der Waals surface area contributed by atoms with E-state index in [1.54, 1.807) is 7.11 Å². The molecular formula is C28H34Cl2N3O2Si+. The number of benzene rings is 2. The van der Waals surface area contributed by atoms with E-state index >= 15 is 0 Å². The van der Waals surface area contributed by atoms with Crippen molar-refractivity contribution < 1.29 is 13.7 Å². The minimum absolute atomic E-state index is 0.113. The van der Waals surface area contributed by atoms with Crippen molar-refractivity contribution in [2.45, 2.75) is 58.6 Å². The molecule has 190 valence electrons. The molecule has 0 atom stereocenters. The highest BCUT2D eigenvalue weighted by Crippen LogP contribution is 2.37. The summed E-state index contributed by atoms with van der Waals surface area (Å²) < 4.78 is 16.2. The second-order valence-electron chi connectivity index (χ2n) is 10.6. The fourth-order valence-electron chi connectivity index (χ4n) is 3.79. The summed E-state index contributed by atoms with van der Waals surface area (Å²) in [6.07, 6.45) is 4.17. The summed E-state index contributed by atoms with van der Waals surface area (Å²) in [7, 11) is -0.280. The Morgan fingerprint density at radius 1 is 1.03 bits per heavy atom. The topological polar surface area (TPSA) is 40.2 Å². The third kappa shape index (κ3) is 5.94. The number of pyridine rings is 1. The number of halogens is 2. The molecule has 0 radical (unpaired) electrons. The molecule has 0 aliphatic rings. The lowest BCUT2D eigenvalue weighted by Crippen LogP contribution is -2.40. The molecule has 0 spiro atoms. The molecule has 4 rings (SSSR count). The summed E-state index contributed by atoms with van der Waals surface area (Å²) in [6, 6.07) is 15.8.